The molecule has 61 heavy (non-hydrogen) atoms. The molecule has 1 amide bonds. The van der Waals surface area contributed by atoms with Crippen LogP contribution in [0, 0.1) is 23.3 Å². The highest BCUT2D eigenvalue weighted by atomic mass is 19.4. The molecule has 0 saturated carbocycles. The highest BCUT2D eigenvalue weighted by Crippen LogP contribution is 2.31. The Hall–Kier alpha value is -6.18. The highest BCUT2D eigenvalue weighted by molar-refractivity contribution is 5.83. The molecule has 2 unspecified atom stereocenters. The number of amides is 1. The van der Waals surface area contributed by atoms with Gasteiger partial charge in [0.2, 0.25) is 5.91 Å². The molecule has 4 N–H and O–H groups in total. The summed E-state index contributed by atoms with van der Waals surface area (Å²) in [5.74, 6) is -8.82. The lowest BCUT2D eigenvalue weighted by molar-refractivity contribution is -0.165. The molecule has 19 heteroatoms. The minimum atomic E-state index is -4.51. The van der Waals surface area contributed by atoms with E-state index in [1.54, 1.807) is 30.3 Å². The van der Waals surface area contributed by atoms with E-state index >= 15 is 4.39 Å². The number of carboxylic acids is 2. The Labute approximate surface area is 343 Å². The van der Waals surface area contributed by atoms with Gasteiger partial charge in [0.05, 0.1) is 16.5 Å². The van der Waals surface area contributed by atoms with E-state index in [2.05, 4.69) is 9.88 Å². The zero-order valence-corrected chi connectivity index (χ0v) is 32.7. The number of aryl methyl sites for hydroxylation is 2. The lowest BCUT2D eigenvalue weighted by atomic mass is 10.0. The molecule has 5 rings (SSSR count). The molecule has 1 aromatic heterocycles. The number of aromatic nitrogens is 2. The van der Waals surface area contributed by atoms with E-state index in [0.717, 1.165) is 24.3 Å². The first-order valence-electron chi connectivity index (χ1n) is 18.7. The molecular formula is C42H41F7N4O8. The number of alkyl halides is 3. The number of para-hydroxylation sites is 1. The summed E-state index contributed by atoms with van der Waals surface area (Å²) in [6, 6.07) is 17.0. The quantitative estimate of drug-likeness (QED) is 0.0716. The van der Waals surface area contributed by atoms with Crippen LogP contribution in [-0.2, 0) is 46.5 Å². The zero-order valence-electron chi connectivity index (χ0n) is 32.7. The minimum absolute atomic E-state index is 0.0885. The van der Waals surface area contributed by atoms with Crippen molar-refractivity contribution >= 4 is 28.7 Å². The predicted octanol–water partition coefficient (Wildman–Crippen LogP) is 5.67. The summed E-state index contributed by atoms with van der Waals surface area (Å²) in [6.07, 6.45) is -9.28. The molecule has 12 nitrogen and oxygen atoms in total. The van der Waals surface area contributed by atoms with Crippen LogP contribution in [0.4, 0.5) is 30.7 Å². The van der Waals surface area contributed by atoms with Crippen molar-refractivity contribution in [1.82, 2.24) is 19.4 Å². The summed E-state index contributed by atoms with van der Waals surface area (Å²) < 4.78 is 98.2. The number of aliphatic hydroxyl groups is 2. The Morgan fingerprint density at radius 3 is 1.90 bits per heavy atom. The van der Waals surface area contributed by atoms with Gasteiger partial charge in [-0.25, -0.2) is 27.2 Å². The maximum atomic E-state index is 15.6. The van der Waals surface area contributed by atoms with Gasteiger partial charge in [0.1, 0.15) is 18.2 Å². The smallest absolute Gasteiger partial charge is 0.416 e. The van der Waals surface area contributed by atoms with Crippen LogP contribution in [0.3, 0.4) is 0 Å². The van der Waals surface area contributed by atoms with Crippen molar-refractivity contribution in [3.8, 4) is 11.1 Å². The molecule has 326 valence electrons. The minimum Gasteiger partial charge on any atom is -0.479 e. The molecule has 0 bridgehead atoms. The maximum absolute atomic E-state index is 15.6. The average Bonchev–Trinajstić information content (AvgIpc) is 3.23. The summed E-state index contributed by atoms with van der Waals surface area (Å²) in [4.78, 5) is 54.4. The molecule has 0 radical (unpaired) electrons. The molecular weight excluding hydrogens is 821 g/mol. The van der Waals surface area contributed by atoms with Gasteiger partial charge >= 0.3 is 18.1 Å². The normalized spacial score (nSPS) is 12.5. The Morgan fingerprint density at radius 1 is 0.738 bits per heavy atom. The van der Waals surface area contributed by atoms with Gasteiger partial charge in [0.15, 0.2) is 29.7 Å². The third-order valence-electron chi connectivity index (χ3n) is 9.69. The lowest BCUT2D eigenvalue weighted by Gasteiger charge is -2.28. The third kappa shape index (κ3) is 12.2. The molecule has 0 aliphatic rings. The molecule has 0 fully saturated rings. The average molecular weight is 863 g/mol. The summed E-state index contributed by atoms with van der Waals surface area (Å²) >= 11 is 0. The van der Waals surface area contributed by atoms with Crippen LogP contribution >= 0.6 is 0 Å². The van der Waals surface area contributed by atoms with E-state index in [9.17, 15) is 45.5 Å². The number of halogens is 7. The van der Waals surface area contributed by atoms with E-state index < -0.39 is 70.6 Å². The Bertz CT molecular complexity index is 2390. The predicted molar refractivity (Wildman–Crippen MR) is 207 cm³/mol. The molecule has 0 spiro atoms. The summed E-state index contributed by atoms with van der Waals surface area (Å²) in [7, 11) is 0. The van der Waals surface area contributed by atoms with Crippen molar-refractivity contribution < 1.29 is 65.5 Å². The second-order valence-corrected chi connectivity index (χ2v) is 13.6. The lowest BCUT2D eigenvalue weighted by Crippen LogP contribution is -2.40. The van der Waals surface area contributed by atoms with Crippen LogP contribution in [0.25, 0.3) is 22.0 Å². The standard InChI is InChI=1S/C38H35F7N4O2.C4H6O6/c1-3-47(4-2)19-20-48(22-27-10-9-26(21-31(27)40)24-11-15-28(16-12-24)38(43,44)45)34(50)23-49-32-8-6-5-7-29(32)37(51)46-33(49)18-14-25-13-17-30(39)36(42)35(25)41;5-1(3(7)8)2(6)4(9)10/h5-13,15-17,21H,3-4,14,18-20,22-23H2,1-2H3;1-2,5-6H,(H,7,8)(H,9,10). The molecule has 5 aromatic rings. The monoisotopic (exact) mass is 862 g/mol. The first-order chi connectivity index (χ1) is 28.8. The van der Waals surface area contributed by atoms with Crippen LogP contribution in [0.5, 0.6) is 0 Å². The fourth-order valence-electron chi connectivity index (χ4n) is 6.15. The van der Waals surface area contributed by atoms with Crippen LogP contribution in [-0.4, -0.2) is 96.0 Å². The summed E-state index contributed by atoms with van der Waals surface area (Å²) in [6.45, 7) is 5.55. The van der Waals surface area contributed by atoms with E-state index in [4.69, 9.17) is 20.4 Å². The van der Waals surface area contributed by atoms with E-state index in [0.29, 0.717) is 36.3 Å². The van der Waals surface area contributed by atoms with Crippen molar-refractivity contribution in [3.05, 3.63) is 135 Å². The second-order valence-electron chi connectivity index (χ2n) is 13.6. The number of likely N-dealkylation sites (N-methyl/N-ethyl adjacent to an activating group) is 1. The van der Waals surface area contributed by atoms with Gasteiger partial charge in [-0.3, -0.25) is 9.59 Å². The van der Waals surface area contributed by atoms with Crippen molar-refractivity contribution in [2.24, 2.45) is 0 Å². The van der Waals surface area contributed by atoms with Gasteiger partial charge in [-0.2, -0.15) is 18.2 Å². The van der Waals surface area contributed by atoms with Gasteiger partial charge in [0, 0.05) is 31.6 Å². The van der Waals surface area contributed by atoms with Crippen molar-refractivity contribution in [3.63, 3.8) is 0 Å². The fourth-order valence-corrected chi connectivity index (χ4v) is 6.15. The number of carbonyl (C=O) groups excluding carboxylic acids is 1. The van der Waals surface area contributed by atoms with Gasteiger partial charge in [-0.05, 0) is 72.6 Å². The summed E-state index contributed by atoms with van der Waals surface area (Å²) in [5.41, 5.74) is -0.238. The van der Waals surface area contributed by atoms with Crippen molar-refractivity contribution in [2.75, 3.05) is 26.2 Å². The van der Waals surface area contributed by atoms with Crippen molar-refractivity contribution in [2.45, 2.75) is 58.2 Å². The third-order valence-corrected chi connectivity index (χ3v) is 9.69. The topological polar surface area (TPSA) is 174 Å². The second kappa shape index (κ2) is 20.9. The number of fused-ring (bicyclic) bond motifs is 1. The Kier molecular flexibility index (Phi) is 16.3. The SMILES string of the molecule is CCN(CC)CCN(Cc1ccc(-c2ccc(C(F)(F)F)cc2)cc1F)C(=O)Cn1c(CCc2ccc(F)c(F)c2F)nc(=O)c2ccccc21.O=C(O)C(O)C(O)C(=O)O. The number of benzene rings is 4. The maximum Gasteiger partial charge on any atom is 0.416 e. The Balaban J connectivity index is 0.000000727. The molecule has 1 heterocycles. The van der Waals surface area contributed by atoms with Gasteiger partial charge in [0.25, 0.3) is 5.56 Å². The van der Waals surface area contributed by atoms with E-state index in [1.807, 2.05) is 13.8 Å². The number of hydrogen-bond acceptors (Lipinski definition) is 8. The number of nitrogens with zero attached hydrogens (tertiary/aromatic N) is 4. The number of rotatable bonds is 16. The molecule has 0 saturated heterocycles. The van der Waals surface area contributed by atoms with Crippen LogP contribution in [0.1, 0.15) is 36.4 Å². The number of aliphatic carboxylic acids is 2. The molecule has 0 aliphatic carbocycles. The molecule has 0 aliphatic heterocycles. The summed E-state index contributed by atoms with van der Waals surface area (Å²) in [5, 5.41) is 32.8. The van der Waals surface area contributed by atoms with E-state index in [1.165, 1.54) is 33.7 Å². The van der Waals surface area contributed by atoms with Gasteiger partial charge < -0.3 is 34.8 Å². The molecule has 2 atom stereocenters. The number of carboxylic acid groups (broad SMARTS) is 2. The van der Waals surface area contributed by atoms with E-state index in [-0.39, 0.29) is 54.8 Å². The van der Waals surface area contributed by atoms with Crippen LogP contribution < -0.4 is 5.56 Å². The zero-order chi connectivity index (χ0) is 45.2. The first kappa shape index (κ1) is 47.5. The van der Waals surface area contributed by atoms with Gasteiger partial charge in [-0.15, -0.1) is 0 Å². The Morgan fingerprint density at radius 2 is 1.33 bits per heavy atom. The number of aliphatic hydroxyl groups excluding tert-OH is 2. The van der Waals surface area contributed by atoms with Crippen LogP contribution in [0.15, 0.2) is 83.7 Å². The van der Waals surface area contributed by atoms with Crippen LogP contribution in [0.2, 0.25) is 0 Å². The largest absolute Gasteiger partial charge is 0.479 e. The highest BCUT2D eigenvalue weighted by Gasteiger charge is 2.31. The van der Waals surface area contributed by atoms with Gasteiger partial charge in [-0.1, -0.05) is 56.3 Å². The van der Waals surface area contributed by atoms with Crippen molar-refractivity contribution in [1.29, 1.82) is 0 Å². The molecule has 4 aromatic carbocycles. The number of hydrogen-bond donors (Lipinski definition) is 4. The first-order valence-corrected chi connectivity index (χ1v) is 18.7. The fraction of sp³-hybridized carbons (Fsp3) is 0.310. The number of carbonyl (C=O) groups is 3.